The molecule has 162 valence electrons. The molecule has 31 heavy (non-hydrogen) atoms. The van der Waals surface area contributed by atoms with Gasteiger partial charge in [0.25, 0.3) is 10.0 Å². The minimum atomic E-state index is -3.72. The van der Waals surface area contributed by atoms with Crippen LogP contribution in [0.4, 0.5) is 11.4 Å². The first kappa shape index (κ1) is 22.6. The molecule has 0 aliphatic heterocycles. The van der Waals surface area contributed by atoms with Crippen LogP contribution >= 0.6 is 0 Å². The molecule has 0 spiro atoms. The van der Waals surface area contributed by atoms with Gasteiger partial charge in [0.1, 0.15) is 0 Å². The second kappa shape index (κ2) is 9.35. The van der Waals surface area contributed by atoms with Gasteiger partial charge in [-0.15, -0.1) is 0 Å². The summed E-state index contributed by atoms with van der Waals surface area (Å²) in [6.45, 7) is 7.82. The Morgan fingerprint density at radius 3 is 2.10 bits per heavy atom. The molecule has 0 saturated carbocycles. The van der Waals surface area contributed by atoms with E-state index in [4.69, 9.17) is 0 Å². The fourth-order valence-electron chi connectivity index (χ4n) is 3.48. The molecule has 0 aromatic heterocycles. The van der Waals surface area contributed by atoms with Crippen molar-refractivity contribution in [2.45, 2.75) is 45.4 Å². The van der Waals surface area contributed by atoms with Crippen LogP contribution in [0.5, 0.6) is 0 Å². The molecule has 0 bridgehead atoms. The van der Waals surface area contributed by atoms with Crippen molar-refractivity contribution in [3.05, 3.63) is 88.5 Å². The van der Waals surface area contributed by atoms with Gasteiger partial charge in [-0.05, 0) is 80.6 Å². The molecule has 0 aliphatic rings. The zero-order chi connectivity index (χ0) is 22.6. The number of hydrogen-bond donors (Lipinski definition) is 2. The first-order chi connectivity index (χ1) is 14.7. The number of rotatable bonds is 7. The van der Waals surface area contributed by atoms with Gasteiger partial charge in [0.05, 0.1) is 10.6 Å². The largest absolute Gasteiger partial charge is 0.326 e. The Kier molecular flexibility index (Phi) is 6.81. The highest BCUT2D eigenvalue weighted by atomic mass is 32.2. The molecular weight excluding hydrogens is 408 g/mol. The maximum Gasteiger partial charge on any atom is 0.261 e. The Labute approximate surface area is 184 Å². The smallest absolute Gasteiger partial charge is 0.261 e. The second-order valence-electron chi connectivity index (χ2n) is 7.87. The van der Waals surface area contributed by atoms with E-state index in [1.807, 2.05) is 52.0 Å². The Balaban J connectivity index is 1.63. The van der Waals surface area contributed by atoms with Crippen LogP contribution in [0.25, 0.3) is 0 Å². The number of carbonyl (C=O) groups is 1. The molecule has 5 nitrogen and oxygen atoms in total. The summed E-state index contributed by atoms with van der Waals surface area (Å²) in [5.74, 6) is -0.107. The summed E-state index contributed by atoms with van der Waals surface area (Å²) in [5, 5.41) is 2.84. The van der Waals surface area contributed by atoms with Crippen LogP contribution in [-0.2, 0) is 21.2 Å². The Hall–Kier alpha value is -3.12. The number of hydrogen-bond acceptors (Lipinski definition) is 3. The second-order valence-corrected chi connectivity index (χ2v) is 9.56. The molecule has 0 atom stereocenters. The summed E-state index contributed by atoms with van der Waals surface area (Å²) in [7, 11) is -3.72. The molecule has 6 heteroatoms. The average molecular weight is 437 g/mol. The standard InChI is InChI=1S/C25H28N2O3S/c1-17-8-9-21(20(4)16-17)10-15-24(28)26-22-11-13-23(14-12-22)31(29,30)27-25-18(2)6-5-7-19(25)3/h5-9,11-14,16,27H,10,15H2,1-4H3,(H,26,28). The van der Waals surface area contributed by atoms with E-state index in [0.29, 0.717) is 24.2 Å². The number of aryl methyl sites for hydroxylation is 5. The first-order valence-corrected chi connectivity index (χ1v) is 11.7. The summed E-state index contributed by atoms with van der Waals surface area (Å²) in [4.78, 5) is 12.5. The molecule has 3 rings (SSSR count). The highest BCUT2D eigenvalue weighted by Crippen LogP contribution is 2.24. The molecule has 0 radical (unpaired) electrons. The van der Waals surface area contributed by atoms with Crippen molar-refractivity contribution in [2.75, 3.05) is 10.0 Å². The van der Waals surface area contributed by atoms with E-state index in [-0.39, 0.29) is 10.8 Å². The lowest BCUT2D eigenvalue weighted by molar-refractivity contribution is -0.116. The third-order valence-corrected chi connectivity index (χ3v) is 6.65. The number of nitrogens with one attached hydrogen (secondary N) is 2. The van der Waals surface area contributed by atoms with Gasteiger partial charge < -0.3 is 5.32 Å². The fourth-order valence-corrected chi connectivity index (χ4v) is 4.69. The zero-order valence-electron chi connectivity index (χ0n) is 18.3. The van der Waals surface area contributed by atoms with Gasteiger partial charge in [-0.3, -0.25) is 9.52 Å². The molecule has 0 unspecified atom stereocenters. The lowest BCUT2D eigenvalue weighted by atomic mass is 10.0. The monoisotopic (exact) mass is 436 g/mol. The molecule has 3 aromatic carbocycles. The Morgan fingerprint density at radius 1 is 0.839 bits per heavy atom. The number of benzene rings is 3. The van der Waals surface area contributed by atoms with E-state index < -0.39 is 10.0 Å². The maximum atomic E-state index is 12.8. The third-order valence-electron chi connectivity index (χ3n) is 5.29. The summed E-state index contributed by atoms with van der Waals surface area (Å²) in [5.41, 5.74) is 6.40. The Bertz CT molecular complexity index is 1180. The van der Waals surface area contributed by atoms with Crippen molar-refractivity contribution < 1.29 is 13.2 Å². The summed E-state index contributed by atoms with van der Waals surface area (Å²) in [6.07, 6.45) is 1.02. The van der Waals surface area contributed by atoms with Crippen LogP contribution in [0.2, 0.25) is 0 Å². The Morgan fingerprint density at radius 2 is 1.48 bits per heavy atom. The van der Waals surface area contributed by atoms with Crippen molar-refractivity contribution >= 4 is 27.3 Å². The van der Waals surface area contributed by atoms with Gasteiger partial charge in [-0.25, -0.2) is 8.42 Å². The predicted octanol–water partition coefficient (Wildman–Crippen LogP) is 5.29. The molecule has 3 aromatic rings. The SMILES string of the molecule is Cc1ccc(CCC(=O)Nc2ccc(S(=O)(=O)Nc3c(C)cccc3C)cc2)c(C)c1. The topological polar surface area (TPSA) is 75.3 Å². The third kappa shape index (κ3) is 5.73. The highest BCUT2D eigenvalue weighted by molar-refractivity contribution is 7.92. The van der Waals surface area contributed by atoms with Crippen LogP contribution in [0, 0.1) is 27.7 Å². The summed E-state index contributed by atoms with van der Waals surface area (Å²) < 4.78 is 28.2. The van der Waals surface area contributed by atoms with Crippen molar-refractivity contribution in [2.24, 2.45) is 0 Å². The maximum absolute atomic E-state index is 12.8. The van der Waals surface area contributed by atoms with E-state index >= 15 is 0 Å². The van der Waals surface area contributed by atoms with E-state index in [1.54, 1.807) is 12.1 Å². The van der Waals surface area contributed by atoms with E-state index in [1.165, 1.54) is 23.3 Å². The molecule has 0 saturated heterocycles. The van der Waals surface area contributed by atoms with Crippen molar-refractivity contribution in [3.63, 3.8) is 0 Å². The van der Waals surface area contributed by atoms with Crippen LogP contribution in [-0.4, -0.2) is 14.3 Å². The average Bonchev–Trinajstić information content (AvgIpc) is 2.71. The number of amides is 1. The minimum absolute atomic E-state index is 0.107. The number of carbonyl (C=O) groups excluding carboxylic acids is 1. The van der Waals surface area contributed by atoms with Gasteiger partial charge in [0, 0.05) is 12.1 Å². The minimum Gasteiger partial charge on any atom is -0.326 e. The number of sulfonamides is 1. The zero-order valence-corrected chi connectivity index (χ0v) is 19.1. The van der Waals surface area contributed by atoms with E-state index in [2.05, 4.69) is 22.2 Å². The van der Waals surface area contributed by atoms with Gasteiger partial charge >= 0.3 is 0 Å². The first-order valence-electron chi connectivity index (χ1n) is 10.2. The van der Waals surface area contributed by atoms with E-state index in [9.17, 15) is 13.2 Å². The van der Waals surface area contributed by atoms with Gasteiger partial charge in [0.2, 0.25) is 5.91 Å². The van der Waals surface area contributed by atoms with Crippen LogP contribution in [0.15, 0.2) is 65.6 Å². The van der Waals surface area contributed by atoms with E-state index in [0.717, 1.165) is 16.7 Å². The van der Waals surface area contributed by atoms with Gasteiger partial charge in [-0.2, -0.15) is 0 Å². The van der Waals surface area contributed by atoms with Crippen LogP contribution in [0.1, 0.15) is 34.2 Å². The number of anilines is 2. The van der Waals surface area contributed by atoms with Gasteiger partial charge in [0.15, 0.2) is 0 Å². The molecule has 0 heterocycles. The van der Waals surface area contributed by atoms with Crippen molar-refractivity contribution in [1.82, 2.24) is 0 Å². The van der Waals surface area contributed by atoms with Crippen LogP contribution in [0.3, 0.4) is 0 Å². The quantitative estimate of drug-likeness (QED) is 0.528. The highest BCUT2D eigenvalue weighted by Gasteiger charge is 2.16. The molecule has 0 aliphatic carbocycles. The normalized spacial score (nSPS) is 11.2. The predicted molar refractivity (Wildman–Crippen MR) is 126 cm³/mol. The molecular formula is C25H28N2O3S. The number of para-hydroxylation sites is 1. The van der Waals surface area contributed by atoms with Crippen molar-refractivity contribution in [3.8, 4) is 0 Å². The lowest BCUT2D eigenvalue weighted by Crippen LogP contribution is -2.15. The van der Waals surface area contributed by atoms with Crippen LogP contribution < -0.4 is 10.0 Å². The molecule has 1 amide bonds. The molecule has 2 N–H and O–H groups in total. The summed E-state index contributed by atoms with van der Waals surface area (Å²) >= 11 is 0. The fraction of sp³-hybridized carbons (Fsp3) is 0.240. The lowest BCUT2D eigenvalue weighted by Gasteiger charge is -2.13. The van der Waals surface area contributed by atoms with Crippen molar-refractivity contribution in [1.29, 1.82) is 0 Å². The molecule has 0 fully saturated rings. The van der Waals surface area contributed by atoms with Gasteiger partial charge in [-0.1, -0.05) is 42.0 Å². The summed E-state index contributed by atoms with van der Waals surface area (Å²) in [6, 6.07) is 18.0.